The van der Waals surface area contributed by atoms with Crippen molar-refractivity contribution in [3.8, 4) is 10.6 Å². The molecule has 0 atom stereocenters. The summed E-state index contributed by atoms with van der Waals surface area (Å²) in [6.45, 7) is 3.05. The molecular weight excluding hydrogens is 414 g/mol. The molecule has 1 aliphatic rings. The van der Waals surface area contributed by atoms with E-state index in [1.807, 2.05) is 35.7 Å². The van der Waals surface area contributed by atoms with Crippen molar-refractivity contribution in [1.82, 2.24) is 14.2 Å². The van der Waals surface area contributed by atoms with E-state index in [0.29, 0.717) is 42.6 Å². The fourth-order valence-corrected chi connectivity index (χ4v) is 5.81. The Morgan fingerprint density at radius 3 is 2.36 bits per heavy atom. The Morgan fingerprint density at radius 1 is 0.964 bits per heavy atom. The lowest BCUT2D eigenvalue weighted by molar-refractivity contribution is 0.180. The van der Waals surface area contributed by atoms with Crippen LogP contribution in [0.1, 0.15) is 5.69 Å². The molecule has 0 spiro atoms. The molecule has 0 aliphatic carbocycles. The maximum absolute atomic E-state index is 12.7. The first-order valence-electron chi connectivity index (χ1n) is 9.01. The third-order valence-electron chi connectivity index (χ3n) is 4.75. The van der Waals surface area contributed by atoms with Crippen molar-refractivity contribution in [2.24, 2.45) is 0 Å². The Kier molecular flexibility index (Phi) is 5.80. The molecule has 1 aliphatic heterocycles. The van der Waals surface area contributed by atoms with Gasteiger partial charge in [0.05, 0.1) is 15.6 Å². The molecule has 8 heteroatoms. The van der Waals surface area contributed by atoms with E-state index >= 15 is 0 Å². The summed E-state index contributed by atoms with van der Waals surface area (Å²) >= 11 is 7.84. The van der Waals surface area contributed by atoms with Crippen LogP contribution >= 0.6 is 22.9 Å². The predicted molar refractivity (Wildman–Crippen MR) is 113 cm³/mol. The maximum atomic E-state index is 12.7. The van der Waals surface area contributed by atoms with Crippen molar-refractivity contribution in [3.63, 3.8) is 0 Å². The molecule has 5 nitrogen and oxygen atoms in total. The lowest BCUT2D eigenvalue weighted by Crippen LogP contribution is -2.48. The summed E-state index contributed by atoms with van der Waals surface area (Å²) in [5.74, 6) is 0. The lowest BCUT2D eigenvalue weighted by atomic mass is 10.2. The molecular formula is C20H20ClN3O2S2. The summed E-state index contributed by atoms with van der Waals surface area (Å²) in [6, 6.07) is 16.3. The first kappa shape index (κ1) is 19.5. The van der Waals surface area contributed by atoms with Crippen molar-refractivity contribution in [3.05, 3.63) is 70.7 Å². The molecule has 1 aromatic heterocycles. The van der Waals surface area contributed by atoms with Crippen LogP contribution < -0.4 is 0 Å². The van der Waals surface area contributed by atoms with E-state index in [9.17, 15) is 8.42 Å². The highest BCUT2D eigenvalue weighted by molar-refractivity contribution is 7.89. The van der Waals surface area contributed by atoms with E-state index in [-0.39, 0.29) is 0 Å². The fraction of sp³-hybridized carbons (Fsp3) is 0.250. The van der Waals surface area contributed by atoms with Crippen molar-refractivity contribution < 1.29 is 8.42 Å². The van der Waals surface area contributed by atoms with Gasteiger partial charge in [-0.15, -0.1) is 11.3 Å². The van der Waals surface area contributed by atoms with Crippen molar-refractivity contribution in [2.45, 2.75) is 11.4 Å². The summed E-state index contributed by atoms with van der Waals surface area (Å²) in [5.41, 5.74) is 1.93. The summed E-state index contributed by atoms with van der Waals surface area (Å²) < 4.78 is 27.0. The summed E-state index contributed by atoms with van der Waals surface area (Å²) in [5, 5.41) is 3.65. The summed E-state index contributed by atoms with van der Waals surface area (Å²) in [7, 11) is -3.42. The van der Waals surface area contributed by atoms with Crippen molar-refractivity contribution in [1.29, 1.82) is 0 Å². The number of rotatable bonds is 5. The van der Waals surface area contributed by atoms with E-state index < -0.39 is 10.0 Å². The van der Waals surface area contributed by atoms with Gasteiger partial charge < -0.3 is 0 Å². The van der Waals surface area contributed by atoms with Crippen LogP contribution in [0.25, 0.3) is 10.6 Å². The van der Waals surface area contributed by atoms with Crippen LogP contribution in [-0.4, -0.2) is 48.8 Å². The van der Waals surface area contributed by atoms with E-state index in [0.717, 1.165) is 16.3 Å². The van der Waals surface area contributed by atoms with E-state index in [2.05, 4.69) is 4.90 Å². The topological polar surface area (TPSA) is 53.5 Å². The highest BCUT2D eigenvalue weighted by atomic mass is 35.5. The average molecular weight is 434 g/mol. The van der Waals surface area contributed by atoms with Gasteiger partial charge in [0.1, 0.15) is 5.01 Å². The number of sulfonamides is 1. The highest BCUT2D eigenvalue weighted by Crippen LogP contribution is 2.30. The van der Waals surface area contributed by atoms with Gasteiger partial charge in [-0.25, -0.2) is 13.4 Å². The van der Waals surface area contributed by atoms with Crippen LogP contribution in [0.2, 0.25) is 5.02 Å². The van der Waals surface area contributed by atoms with E-state index in [4.69, 9.17) is 16.6 Å². The van der Waals surface area contributed by atoms with Gasteiger partial charge in [-0.1, -0.05) is 48.0 Å². The Labute approximate surface area is 174 Å². The Hall–Kier alpha value is -1.77. The molecule has 28 heavy (non-hydrogen) atoms. The minimum Gasteiger partial charge on any atom is -0.295 e. The van der Waals surface area contributed by atoms with Crippen LogP contribution in [0.15, 0.2) is 64.9 Å². The second kappa shape index (κ2) is 8.31. The summed E-state index contributed by atoms with van der Waals surface area (Å²) in [4.78, 5) is 7.30. The number of nitrogens with zero attached hydrogens (tertiary/aromatic N) is 3. The second-order valence-electron chi connectivity index (χ2n) is 6.62. The Bertz CT molecular complexity index is 1050. The number of hydrogen-bond donors (Lipinski definition) is 0. The molecule has 1 saturated heterocycles. The van der Waals surface area contributed by atoms with Crippen molar-refractivity contribution in [2.75, 3.05) is 26.2 Å². The van der Waals surface area contributed by atoms with Crippen LogP contribution in [0.4, 0.5) is 0 Å². The van der Waals surface area contributed by atoms with Crippen LogP contribution in [-0.2, 0) is 16.6 Å². The zero-order chi connectivity index (χ0) is 19.6. The number of aromatic nitrogens is 1. The van der Waals surface area contributed by atoms with Crippen LogP contribution in [0.5, 0.6) is 0 Å². The number of halogens is 1. The molecule has 0 N–H and O–H groups in total. The maximum Gasteiger partial charge on any atom is 0.243 e. The van der Waals surface area contributed by atoms with Crippen molar-refractivity contribution >= 4 is 33.0 Å². The van der Waals surface area contributed by atoms with Gasteiger partial charge in [0.25, 0.3) is 0 Å². The zero-order valence-electron chi connectivity index (χ0n) is 15.2. The first-order valence-corrected chi connectivity index (χ1v) is 11.7. The van der Waals surface area contributed by atoms with Gasteiger partial charge in [0.15, 0.2) is 0 Å². The minimum atomic E-state index is -3.42. The molecule has 146 valence electrons. The van der Waals surface area contributed by atoms with Crippen LogP contribution in [0.3, 0.4) is 0 Å². The SMILES string of the molecule is O=S(=O)(c1ccccc1)N1CCN(Cc2csc(-c3ccccc3Cl)n2)CC1. The lowest BCUT2D eigenvalue weighted by Gasteiger charge is -2.33. The molecule has 0 bridgehead atoms. The molecule has 0 amide bonds. The largest absolute Gasteiger partial charge is 0.295 e. The minimum absolute atomic E-state index is 0.354. The monoisotopic (exact) mass is 433 g/mol. The molecule has 4 rings (SSSR count). The predicted octanol–water partition coefficient (Wildman–Crippen LogP) is 3.97. The highest BCUT2D eigenvalue weighted by Gasteiger charge is 2.28. The summed E-state index contributed by atoms with van der Waals surface area (Å²) in [6.07, 6.45) is 0. The average Bonchev–Trinajstić information content (AvgIpc) is 3.17. The first-order chi connectivity index (χ1) is 13.5. The number of benzene rings is 2. The molecule has 2 heterocycles. The molecule has 0 radical (unpaired) electrons. The number of hydrogen-bond acceptors (Lipinski definition) is 5. The van der Waals surface area contributed by atoms with E-state index in [1.165, 1.54) is 0 Å². The standard InChI is InChI=1S/C20H20ClN3O2S2/c21-19-9-5-4-8-18(19)20-22-16(15-27-20)14-23-10-12-24(13-11-23)28(25,26)17-6-2-1-3-7-17/h1-9,15H,10-14H2. The Balaban J connectivity index is 1.38. The number of piperazine rings is 1. The Morgan fingerprint density at radius 2 is 1.64 bits per heavy atom. The molecule has 0 saturated carbocycles. The van der Waals surface area contributed by atoms with Gasteiger partial charge in [0, 0.05) is 43.7 Å². The van der Waals surface area contributed by atoms with Gasteiger partial charge >= 0.3 is 0 Å². The van der Waals surface area contributed by atoms with Gasteiger partial charge in [0.2, 0.25) is 10.0 Å². The van der Waals surface area contributed by atoms with Crippen LogP contribution in [0, 0.1) is 0 Å². The normalized spacial score (nSPS) is 16.3. The van der Waals surface area contributed by atoms with E-state index in [1.54, 1.807) is 39.9 Å². The van der Waals surface area contributed by atoms with Gasteiger partial charge in [-0.2, -0.15) is 4.31 Å². The third kappa shape index (κ3) is 4.14. The van der Waals surface area contributed by atoms with Gasteiger partial charge in [-0.3, -0.25) is 4.90 Å². The number of thiazole rings is 1. The van der Waals surface area contributed by atoms with Gasteiger partial charge in [-0.05, 0) is 18.2 Å². The molecule has 1 fully saturated rings. The quantitative estimate of drug-likeness (QED) is 0.611. The zero-order valence-corrected chi connectivity index (χ0v) is 17.6. The third-order valence-corrected chi connectivity index (χ3v) is 7.92. The molecule has 2 aromatic carbocycles. The molecule has 0 unspecified atom stereocenters. The molecule has 3 aromatic rings. The smallest absolute Gasteiger partial charge is 0.243 e. The fourth-order valence-electron chi connectivity index (χ4n) is 3.24. The second-order valence-corrected chi connectivity index (χ2v) is 9.82.